The predicted molar refractivity (Wildman–Crippen MR) is 93.4 cm³/mol. The normalized spacial score (nSPS) is 29.7. The number of rotatable bonds is 6. The highest BCUT2D eigenvalue weighted by Crippen LogP contribution is 2.53. The molecule has 0 radical (unpaired) electrons. The van der Waals surface area contributed by atoms with Crippen LogP contribution >= 0.6 is 0 Å². The molecule has 3 aliphatic rings. The summed E-state index contributed by atoms with van der Waals surface area (Å²) in [5.74, 6) is 3.56. The lowest BCUT2D eigenvalue weighted by Gasteiger charge is -2.51. The predicted octanol–water partition coefficient (Wildman–Crippen LogP) is 5.47. The molecule has 3 aliphatic carbocycles. The van der Waals surface area contributed by atoms with Gasteiger partial charge >= 0.3 is 0 Å². The SMILES string of the molecule is C=C(C)c1ccc(COCC(=C)C2CC3CC(C2)C3C)cc1. The summed E-state index contributed by atoms with van der Waals surface area (Å²) in [5, 5.41) is 0. The van der Waals surface area contributed by atoms with Crippen LogP contribution in [0.15, 0.2) is 43.0 Å². The van der Waals surface area contributed by atoms with Gasteiger partial charge in [-0.2, -0.15) is 0 Å². The molecule has 0 heterocycles. The fraction of sp³-hybridized carbons (Fsp3) is 0.524. The molecule has 0 aliphatic heterocycles. The van der Waals surface area contributed by atoms with E-state index in [0.717, 1.165) is 23.3 Å². The molecule has 2 atom stereocenters. The fourth-order valence-corrected chi connectivity index (χ4v) is 4.09. The van der Waals surface area contributed by atoms with Crippen molar-refractivity contribution in [1.82, 2.24) is 0 Å². The van der Waals surface area contributed by atoms with Crippen molar-refractivity contribution in [3.63, 3.8) is 0 Å². The monoisotopic (exact) mass is 296 g/mol. The van der Waals surface area contributed by atoms with Crippen LogP contribution in [0.3, 0.4) is 0 Å². The fourth-order valence-electron chi connectivity index (χ4n) is 4.09. The minimum atomic E-state index is 0.672. The molecule has 0 amide bonds. The first-order chi connectivity index (χ1) is 10.5. The van der Waals surface area contributed by atoms with E-state index in [4.69, 9.17) is 4.74 Å². The molecule has 0 aromatic heterocycles. The molecule has 3 saturated carbocycles. The van der Waals surface area contributed by atoms with Crippen LogP contribution in [0.25, 0.3) is 5.57 Å². The van der Waals surface area contributed by atoms with E-state index in [1.165, 1.54) is 36.0 Å². The van der Waals surface area contributed by atoms with E-state index in [1.54, 1.807) is 0 Å². The number of benzene rings is 1. The molecule has 4 rings (SSSR count). The Labute approximate surface area is 135 Å². The van der Waals surface area contributed by atoms with Crippen molar-refractivity contribution in [3.8, 4) is 0 Å². The minimum absolute atomic E-state index is 0.672. The topological polar surface area (TPSA) is 9.23 Å². The first-order valence-electron chi connectivity index (χ1n) is 8.55. The van der Waals surface area contributed by atoms with Gasteiger partial charge in [0.25, 0.3) is 0 Å². The average molecular weight is 296 g/mol. The van der Waals surface area contributed by atoms with Gasteiger partial charge in [0.2, 0.25) is 0 Å². The molecule has 2 bridgehead atoms. The summed E-state index contributed by atoms with van der Waals surface area (Å²) >= 11 is 0. The maximum atomic E-state index is 5.89. The Morgan fingerprint density at radius 2 is 1.73 bits per heavy atom. The van der Waals surface area contributed by atoms with Crippen LogP contribution in [-0.2, 0) is 11.3 Å². The summed E-state index contributed by atoms with van der Waals surface area (Å²) in [6.07, 6.45) is 4.14. The number of hydrogen-bond donors (Lipinski definition) is 0. The van der Waals surface area contributed by atoms with E-state index < -0.39 is 0 Å². The molecular weight excluding hydrogens is 268 g/mol. The Morgan fingerprint density at radius 3 is 2.27 bits per heavy atom. The zero-order chi connectivity index (χ0) is 15.7. The quantitative estimate of drug-likeness (QED) is 0.632. The van der Waals surface area contributed by atoms with Crippen LogP contribution in [0, 0.1) is 23.7 Å². The van der Waals surface area contributed by atoms with Gasteiger partial charge < -0.3 is 4.74 Å². The first kappa shape index (κ1) is 15.6. The van der Waals surface area contributed by atoms with Gasteiger partial charge in [-0.15, -0.1) is 0 Å². The van der Waals surface area contributed by atoms with Gasteiger partial charge in [-0.25, -0.2) is 0 Å². The summed E-state index contributed by atoms with van der Waals surface area (Å²) in [4.78, 5) is 0. The molecule has 1 aromatic carbocycles. The average Bonchev–Trinajstić information content (AvgIpc) is 2.54. The lowest BCUT2D eigenvalue weighted by Crippen LogP contribution is -2.42. The van der Waals surface area contributed by atoms with Crippen LogP contribution in [0.2, 0.25) is 0 Å². The third-order valence-electron chi connectivity index (χ3n) is 5.85. The maximum absolute atomic E-state index is 5.89. The summed E-state index contributed by atoms with van der Waals surface area (Å²) in [7, 11) is 0. The smallest absolute Gasteiger partial charge is 0.0721 e. The second-order valence-electron chi connectivity index (χ2n) is 7.41. The number of hydrogen-bond acceptors (Lipinski definition) is 1. The molecule has 3 fully saturated rings. The molecule has 1 heteroatoms. The summed E-state index contributed by atoms with van der Waals surface area (Å²) in [5.41, 5.74) is 4.83. The van der Waals surface area contributed by atoms with Crippen LogP contribution < -0.4 is 0 Å². The van der Waals surface area contributed by atoms with Crippen molar-refractivity contribution >= 4 is 5.57 Å². The van der Waals surface area contributed by atoms with E-state index in [0.29, 0.717) is 19.1 Å². The van der Waals surface area contributed by atoms with Crippen LogP contribution in [0.5, 0.6) is 0 Å². The molecular formula is C21H28O. The Bertz CT molecular complexity index is 542. The molecule has 2 unspecified atom stereocenters. The minimum Gasteiger partial charge on any atom is -0.372 e. The van der Waals surface area contributed by atoms with Crippen molar-refractivity contribution in [2.75, 3.05) is 6.61 Å². The van der Waals surface area contributed by atoms with Gasteiger partial charge in [-0.3, -0.25) is 0 Å². The van der Waals surface area contributed by atoms with Crippen LogP contribution in [0.1, 0.15) is 44.2 Å². The van der Waals surface area contributed by atoms with Crippen molar-refractivity contribution in [3.05, 3.63) is 54.1 Å². The molecule has 0 N–H and O–H groups in total. The third-order valence-corrected chi connectivity index (χ3v) is 5.85. The Kier molecular flexibility index (Phi) is 4.54. The van der Waals surface area contributed by atoms with Crippen LogP contribution in [-0.4, -0.2) is 6.61 Å². The number of ether oxygens (including phenoxy) is 1. The van der Waals surface area contributed by atoms with Gasteiger partial charge in [0, 0.05) is 0 Å². The zero-order valence-electron chi connectivity index (χ0n) is 14.0. The molecule has 118 valence electrons. The van der Waals surface area contributed by atoms with E-state index in [1.807, 2.05) is 6.92 Å². The molecule has 22 heavy (non-hydrogen) atoms. The molecule has 1 aromatic rings. The summed E-state index contributed by atoms with van der Waals surface area (Å²) in [6.45, 7) is 14.1. The van der Waals surface area contributed by atoms with Crippen molar-refractivity contribution in [2.24, 2.45) is 23.7 Å². The Morgan fingerprint density at radius 1 is 1.09 bits per heavy atom. The van der Waals surface area contributed by atoms with Gasteiger partial charge in [-0.05, 0) is 66.6 Å². The Balaban J connectivity index is 1.43. The molecule has 0 spiro atoms. The van der Waals surface area contributed by atoms with Crippen molar-refractivity contribution < 1.29 is 4.74 Å². The number of allylic oxidation sites excluding steroid dienone is 1. The highest BCUT2D eigenvalue weighted by molar-refractivity contribution is 5.61. The summed E-state index contributed by atoms with van der Waals surface area (Å²) in [6, 6.07) is 8.49. The maximum Gasteiger partial charge on any atom is 0.0721 e. The molecule has 0 saturated heterocycles. The van der Waals surface area contributed by atoms with Crippen molar-refractivity contribution in [1.29, 1.82) is 0 Å². The van der Waals surface area contributed by atoms with Gasteiger partial charge in [-0.1, -0.05) is 49.9 Å². The first-order valence-corrected chi connectivity index (χ1v) is 8.55. The highest BCUT2D eigenvalue weighted by atomic mass is 16.5. The van der Waals surface area contributed by atoms with Crippen molar-refractivity contribution in [2.45, 2.75) is 39.7 Å². The highest BCUT2D eigenvalue weighted by Gasteiger charge is 2.44. The Hall–Kier alpha value is -1.34. The summed E-state index contributed by atoms with van der Waals surface area (Å²) < 4.78 is 5.89. The second kappa shape index (κ2) is 6.42. The standard InChI is InChI=1S/C21H28O/c1-14(2)18-7-5-17(6-8-18)13-22-12-15(3)19-9-20-11-21(10-19)16(20)4/h5-8,16,19-21H,1,3,9-13H2,2,4H3. The second-order valence-corrected chi connectivity index (χ2v) is 7.41. The zero-order valence-corrected chi connectivity index (χ0v) is 14.0. The van der Waals surface area contributed by atoms with E-state index in [2.05, 4.69) is 44.3 Å². The third kappa shape index (κ3) is 3.20. The van der Waals surface area contributed by atoms with Gasteiger partial charge in [0.15, 0.2) is 0 Å². The van der Waals surface area contributed by atoms with E-state index in [-0.39, 0.29) is 0 Å². The van der Waals surface area contributed by atoms with E-state index in [9.17, 15) is 0 Å². The lowest BCUT2D eigenvalue weighted by atomic mass is 9.54. The lowest BCUT2D eigenvalue weighted by molar-refractivity contribution is -0.00149. The van der Waals surface area contributed by atoms with E-state index >= 15 is 0 Å². The van der Waals surface area contributed by atoms with Gasteiger partial charge in [0.1, 0.15) is 0 Å². The van der Waals surface area contributed by atoms with Crippen LogP contribution in [0.4, 0.5) is 0 Å². The van der Waals surface area contributed by atoms with Gasteiger partial charge in [0.05, 0.1) is 13.2 Å². The largest absolute Gasteiger partial charge is 0.372 e. The molecule has 1 nitrogen and oxygen atoms in total. The number of fused-ring (bicyclic) bond motifs is 2.